The van der Waals surface area contributed by atoms with Crippen molar-refractivity contribution in [1.82, 2.24) is 5.32 Å². The molecule has 1 aliphatic heterocycles. The summed E-state index contributed by atoms with van der Waals surface area (Å²) in [5.74, 6) is -0.379. The van der Waals surface area contributed by atoms with Gasteiger partial charge in [-0.1, -0.05) is 29.8 Å². The third kappa shape index (κ3) is 5.64. The Morgan fingerprint density at radius 3 is 2.38 bits per heavy atom. The summed E-state index contributed by atoms with van der Waals surface area (Å²) in [6.45, 7) is 4.04. The van der Waals surface area contributed by atoms with E-state index in [4.69, 9.17) is 11.6 Å². The van der Waals surface area contributed by atoms with E-state index in [0.29, 0.717) is 17.3 Å². The molecule has 8 heteroatoms. The van der Waals surface area contributed by atoms with E-state index in [9.17, 15) is 13.2 Å². The summed E-state index contributed by atoms with van der Waals surface area (Å²) in [6, 6.07) is 13.0. The van der Waals surface area contributed by atoms with Gasteiger partial charge < -0.3 is 10.2 Å². The van der Waals surface area contributed by atoms with Crippen molar-refractivity contribution < 1.29 is 13.2 Å². The predicted octanol–water partition coefficient (Wildman–Crippen LogP) is 3.33. The average molecular weight is 436 g/mol. The van der Waals surface area contributed by atoms with Crippen LogP contribution in [0.1, 0.15) is 24.0 Å². The molecule has 156 valence electrons. The lowest BCUT2D eigenvalue weighted by Gasteiger charge is -2.22. The molecule has 0 saturated carbocycles. The lowest BCUT2D eigenvalue weighted by atomic mass is 10.2. The molecular weight excluding hydrogens is 410 g/mol. The minimum absolute atomic E-state index is 0.302. The Hall–Kier alpha value is -2.25. The molecule has 0 radical (unpaired) electrons. The second kappa shape index (κ2) is 9.05. The van der Waals surface area contributed by atoms with Crippen molar-refractivity contribution in [3.63, 3.8) is 0 Å². The van der Waals surface area contributed by atoms with Crippen LogP contribution in [0.3, 0.4) is 0 Å². The molecule has 29 heavy (non-hydrogen) atoms. The highest BCUT2D eigenvalue weighted by Gasteiger charge is 2.21. The Labute approximate surface area is 177 Å². The number of aryl methyl sites for hydroxylation is 1. The van der Waals surface area contributed by atoms with Gasteiger partial charge >= 0.3 is 0 Å². The molecule has 1 N–H and O–H groups in total. The molecule has 0 aliphatic carbocycles. The van der Waals surface area contributed by atoms with Gasteiger partial charge in [-0.2, -0.15) is 0 Å². The highest BCUT2D eigenvalue weighted by atomic mass is 35.5. The Bertz CT molecular complexity index is 971. The fraction of sp³-hybridized carbons (Fsp3) is 0.381. The summed E-state index contributed by atoms with van der Waals surface area (Å²) in [5.41, 5.74) is 3.36. The molecule has 6 nitrogen and oxygen atoms in total. The van der Waals surface area contributed by atoms with Crippen LogP contribution < -0.4 is 14.5 Å². The van der Waals surface area contributed by atoms with Gasteiger partial charge in [-0.25, -0.2) is 8.42 Å². The highest BCUT2D eigenvalue weighted by molar-refractivity contribution is 7.92. The zero-order valence-corrected chi connectivity index (χ0v) is 18.3. The Morgan fingerprint density at radius 2 is 1.79 bits per heavy atom. The molecule has 1 amide bonds. The lowest BCUT2D eigenvalue weighted by molar-refractivity contribution is -0.119. The summed E-state index contributed by atoms with van der Waals surface area (Å²) in [5, 5.41) is 3.25. The van der Waals surface area contributed by atoms with Crippen LogP contribution in [-0.2, 0) is 21.4 Å². The van der Waals surface area contributed by atoms with Crippen LogP contribution in [0.15, 0.2) is 42.5 Å². The van der Waals surface area contributed by atoms with Crippen LogP contribution in [0.2, 0.25) is 5.02 Å². The number of hydrogen-bond donors (Lipinski definition) is 1. The molecule has 0 atom stereocenters. The van der Waals surface area contributed by atoms with Gasteiger partial charge in [0.15, 0.2) is 0 Å². The quantitative estimate of drug-likeness (QED) is 0.724. The fourth-order valence-electron chi connectivity index (χ4n) is 3.32. The number of hydrogen-bond acceptors (Lipinski definition) is 4. The van der Waals surface area contributed by atoms with E-state index in [1.807, 2.05) is 19.1 Å². The first-order valence-corrected chi connectivity index (χ1v) is 11.8. The van der Waals surface area contributed by atoms with Crippen molar-refractivity contribution in [3.05, 3.63) is 58.6 Å². The van der Waals surface area contributed by atoms with Crippen molar-refractivity contribution >= 4 is 38.9 Å². The number of sulfonamides is 1. The summed E-state index contributed by atoms with van der Waals surface area (Å²) in [6.07, 6.45) is 3.52. The zero-order valence-electron chi connectivity index (χ0n) is 16.7. The average Bonchev–Trinajstić information content (AvgIpc) is 3.21. The van der Waals surface area contributed by atoms with Gasteiger partial charge in [-0.05, 0) is 55.2 Å². The van der Waals surface area contributed by atoms with Gasteiger partial charge in [0.1, 0.15) is 6.54 Å². The van der Waals surface area contributed by atoms with Crippen LogP contribution in [0.4, 0.5) is 11.4 Å². The number of amides is 1. The fourth-order valence-corrected chi connectivity index (χ4v) is 4.35. The van der Waals surface area contributed by atoms with Gasteiger partial charge in [-0.15, -0.1) is 0 Å². The number of nitrogens with zero attached hydrogens (tertiary/aromatic N) is 2. The van der Waals surface area contributed by atoms with Gasteiger partial charge in [0.05, 0.1) is 11.9 Å². The Balaban J connectivity index is 1.62. The van der Waals surface area contributed by atoms with E-state index < -0.39 is 10.0 Å². The number of halogens is 1. The molecule has 0 spiro atoms. The predicted molar refractivity (Wildman–Crippen MR) is 118 cm³/mol. The van der Waals surface area contributed by atoms with Crippen LogP contribution in [0.25, 0.3) is 0 Å². The van der Waals surface area contributed by atoms with E-state index in [1.165, 1.54) is 18.5 Å². The lowest BCUT2D eigenvalue weighted by Crippen LogP contribution is -2.40. The number of carbonyl (C=O) groups is 1. The number of carbonyl (C=O) groups excluding carboxylic acids is 1. The topological polar surface area (TPSA) is 69.7 Å². The maximum absolute atomic E-state index is 12.4. The molecular formula is C21H26ClN3O3S. The van der Waals surface area contributed by atoms with E-state index in [1.54, 1.807) is 18.2 Å². The molecule has 0 aromatic heterocycles. The summed E-state index contributed by atoms with van der Waals surface area (Å²) >= 11 is 6.12. The van der Waals surface area contributed by atoms with Crippen molar-refractivity contribution in [2.45, 2.75) is 26.3 Å². The van der Waals surface area contributed by atoms with Crippen LogP contribution in [-0.4, -0.2) is 40.2 Å². The third-order valence-corrected chi connectivity index (χ3v) is 6.58. The number of benzene rings is 2. The number of nitrogens with one attached hydrogen (secondary N) is 1. The van der Waals surface area contributed by atoms with Crippen molar-refractivity contribution in [2.24, 2.45) is 0 Å². The largest absolute Gasteiger partial charge is 0.372 e. The Morgan fingerprint density at radius 1 is 1.14 bits per heavy atom. The van der Waals surface area contributed by atoms with Crippen molar-refractivity contribution in [1.29, 1.82) is 0 Å². The second-order valence-corrected chi connectivity index (χ2v) is 9.65. The summed E-state index contributed by atoms with van der Waals surface area (Å²) < 4.78 is 25.5. The molecule has 1 fully saturated rings. The molecule has 1 aliphatic rings. The first-order valence-electron chi connectivity index (χ1n) is 9.58. The first kappa shape index (κ1) is 21.5. The second-order valence-electron chi connectivity index (χ2n) is 7.34. The van der Waals surface area contributed by atoms with Gasteiger partial charge in [0, 0.05) is 30.3 Å². The van der Waals surface area contributed by atoms with Gasteiger partial charge in [-0.3, -0.25) is 9.10 Å². The molecule has 2 aromatic carbocycles. The van der Waals surface area contributed by atoms with E-state index in [0.717, 1.165) is 34.8 Å². The molecule has 3 rings (SSSR count). The molecule has 2 aromatic rings. The van der Waals surface area contributed by atoms with Crippen LogP contribution in [0.5, 0.6) is 0 Å². The first-order chi connectivity index (χ1) is 13.7. The minimum atomic E-state index is -3.63. The zero-order chi connectivity index (χ0) is 21.0. The normalized spacial score (nSPS) is 14.1. The monoisotopic (exact) mass is 435 g/mol. The maximum Gasteiger partial charge on any atom is 0.241 e. The van der Waals surface area contributed by atoms with E-state index in [-0.39, 0.29) is 12.5 Å². The Kier molecular flexibility index (Phi) is 6.70. The smallest absolute Gasteiger partial charge is 0.241 e. The number of anilines is 2. The molecule has 1 saturated heterocycles. The highest BCUT2D eigenvalue weighted by Crippen LogP contribution is 2.25. The van der Waals surface area contributed by atoms with Gasteiger partial charge in [0.2, 0.25) is 15.9 Å². The van der Waals surface area contributed by atoms with E-state index in [2.05, 4.69) is 22.3 Å². The molecule has 0 bridgehead atoms. The van der Waals surface area contributed by atoms with Gasteiger partial charge in [0.25, 0.3) is 0 Å². The van der Waals surface area contributed by atoms with Crippen LogP contribution in [0, 0.1) is 6.92 Å². The summed E-state index contributed by atoms with van der Waals surface area (Å²) in [7, 11) is -3.63. The SMILES string of the molecule is Cc1ccc(N(CC(=O)NCc2ccc(N3CCCC3)cc2)S(C)(=O)=O)cc1Cl. The van der Waals surface area contributed by atoms with Crippen LogP contribution >= 0.6 is 11.6 Å². The molecule has 0 unspecified atom stereocenters. The number of rotatable bonds is 7. The van der Waals surface area contributed by atoms with Crippen molar-refractivity contribution in [2.75, 3.05) is 35.1 Å². The minimum Gasteiger partial charge on any atom is -0.372 e. The van der Waals surface area contributed by atoms with E-state index >= 15 is 0 Å². The van der Waals surface area contributed by atoms with Crippen molar-refractivity contribution in [3.8, 4) is 0 Å². The third-order valence-electron chi connectivity index (χ3n) is 5.03. The molecule has 1 heterocycles. The standard InChI is InChI=1S/C21H26ClN3O3S/c1-16-5-8-19(13-20(16)22)25(29(2,27)28)15-21(26)23-14-17-6-9-18(10-7-17)24-11-3-4-12-24/h5-10,13H,3-4,11-12,14-15H2,1-2H3,(H,23,26). The summed E-state index contributed by atoms with van der Waals surface area (Å²) in [4.78, 5) is 14.8. The maximum atomic E-state index is 12.4.